The zero-order chi connectivity index (χ0) is 20.5. The van der Waals surface area contributed by atoms with Gasteiger partial charge in [-0.25, -0.2) is 4.79 Å². The minimum Gasteiger partial charge on any atom is -0.506 e. The first-order valence-corrected chi connectivity index (χ1v) is 7.82. The molecule has 0 saturated carbocycles. The predicted octanol–water partition coefficient (Wildman–Crippen LogP) is -4.12. The number of aliphatic carboxylic acids is 1. The van der Waals surface area contributed by atoms with Crippen molar-refractivity contribution in [2.75, 3.05) is 6.61 Å². The molecule has 1 unspecified atom stereocenters. The van der Waals surface area contributed by atoms with Gasteiger partial charge >= 0.3 is 5.97 Å². The maximum absolute atomic E-state index is 11.4. The van der Waals surface area contributed by atoms with Gasteiger partial charge in [-0.2, -0.15) is 0 Å². The second kappa shape index (κ2) is 8.35. The molecule has 0 bridgehead atoms. The highest BCUT2D eigenvalue weighted by atomic mass is 16.7. The number of ether oxygens (including phenoxy) is 3. The van der Waals surface area contributed by atoms with Gasteiger partial charge in [0.15, 0.2) is 12.0 Å². The number of aliphatic hydroxyl groups is 6. The van der Waals surface area contributed by atoms with Crippen molar-refractivity contribution in [2.24, 2.45) is 0 Å². The minimum atomic E-state index is -2.07. The van der Waals surface area contributed by atoms with Crippen LogP contribution in [0, 0.1) is 0 Å². The average Bonchev–Trinajstić information content (AvgIpc) is 2.60. The van der Waals surface area contributed by atoms with E-state index in [1.165, 1.54) is 0 Å². The van der Waals surface area contributed by atoms with Crippen molar-refractivity contribution in [1.82, 2.24) is 5.32 Å². The highest BCUT2D eigenvalue weighted by molar-refractivity contribution is 5.85. The van der Waals surface area contributed by atoms with Crippen LogP contribution in [0.3, 0.4) is 0 Å². The Balaban J connectivity index is 2.29. The van der Waals surface area contributed by atoms with Gasteiger partial charge in [0.25, 0.3) is 0 Å². The van der Waals surface area contributed by atoms with Crippen LogP contribution in [-0.2, 0) is 23.8 Å². The van der Waals surface area contributed by atoms with E-state index in [1.807, 2.05) is 0 Å². The first-order chi connectivity index (χ1) is 12.6. The van der Waals surface area contributed by atoms with Crippen LogP contribution >= 0.6 is 0 Å². The van der Waals surface area contributed by atoms with Crippen LogP contribution in [0.2, 0.25) is 0 Å². The molecule has 1 amide bonds. The Morgan fingerprint density at radius 2 is 1.81 bits per heavy atom. The van der Waals surface area contributed by atoms with E-state index in [-0.39, 0.29) is 0 Å². The summed E-state index contributed by atoms with van der Waals surface area (Å²) in [5.74, 6) is -4.62. The zero-order valence-corrected chi connectivity index (χ0v) is 14.0. The largest absolute Gasteiger partial charge is 0.506 e. The van der Waals surface area contributed by atoms with E-state index >= 15 is 0 Å². The highest BCUT2D eigenvalue weighted by Crippen LogP contribution is 2.29. The number of carboxylic acids is 1. The molecule has 0 aromatic heterocycles. The molecule has 0 aromatic rings. The molecule has 8 N–H and O–H groups in total. The summed E-state index contributed by atoms with van der Waals surface area (Å²) in [4.78, 5) is 22.4. The van der Waals surface area contributed by atoms with Gasteiger partial charge < -0.3 is 55.3 Å². The predicted molar refractivity (Wildman–Crippen MR) is 80.6 cm³/mol. The molecule has 1 saturated heterocycles. The van der Waals surface area contributed by atoms with Crippen LogP contribution in [0.4, 0.5) is 0 Å². The summed E-state index contributed by atoms with van der Waals surface area (Å²) < 4.78 is 15.1. The summed E-state index contributed by atoms with van der Waals surface area (Å²) >= 11 is 0. The standard InChI is InChI=1S/C14H21NO12/c1-3(17)15-5-10(6(18)4(2-16)25-13(5)24)26-14-9(21)7(19)8(20)11(27-14)12(22)23/h4-7,9-10,13-14,16,18-21,24H,2H2,1H3,(H,15,17)(H,22,23)/t4-,5-,6+,7+,9-,10-,13?,14-/m1/s1. The molecule has 1 fully saturated rings. The summed E-state index contributed by atoms with van der Waals surface area (Å²) in [6, 6.07) is -1.39. The van der Waals surface area contributed by atoms with Crippen LogP contribution in [0.1, 0.15) is 6.92 Å². The Kier molecular flexibility index (Phi) is 6.59. The summed E-state index contributed by atoms with van der Waals surface area (Å²) in [7, 11) is 0. The molecule has 2 aliphatic heterocycles. The number of rotatable bonds is 5. The van der Waals surface area contributed by atoms with Crippen LogP contribution < -0.4 is 5.32 Å². The summed E-state index contributed by atoms with van der Waals surface area (Å²) in [5.41, 5.74) is 0. The molecule has 0 spiro atoms. The smallest absolute Gasteiger partial charge is 0.375 e. The van der Waals surface area contributed by atoms with E-state index in [4.69, 9.17) is 19.3 Å². The van der Waals surface area contributed by atoms with E-state index in [0.29, 0.717) is 0 Å². The monoisotopic (exact) mass is 395 g/mol. The molecule has 27 heavy (non-hydrogen) atoms. The lowest BCUT2D eigenvalue weighted by atomic mass is 9.96. The molecule has 0 radical (unpaired) electrons. The molecule has 2 rings (SSSR count). The normalized spacial score (nSPS) is 39.6. The number of aliphatic hydroxyl groups excluding tert-OH is 6. The van der Waals surface area contributed by atoms with Crippen LogP contribution in [-0.4, -0.2) is 103 Å². The van der Waals surface area contributed by atoms with Gasteiger partial charge in [-0.05, 0) is 0 Å². The van der Waals surface area contributed by atoms with E-state index in [9.17, 15) is 40.2 Å². The molecule has 0 aliphatic carbocycles. The lowest BCUT2D eigenvalue weighted by Gasteiger charge is -2.44. The number of hydrogen-bond donors (Lipinski definition) is 8. The van der Waals surface area contributed by atoms with E-state index < -0.39 is 79.1 Å². The van der Waals surface area contributed by atoms with E-state index in [1.54, 1.807) is 0 Å². The Labute approximate surface area is 152 Å². The Morgan fingerprint density at radius 1 is 1.19 bits per heavy atom. The van der Waals surface area contributed by atoms with Gasteiger partial charge in [0.2, 0.25) is 18.0 Å². The maximum atomic E-state index is 11.4. The molecular formula is C14H21NO12. The third-order valence-electron chi connectivity index (χ3n) is 4.08. The molecular weight excluding hydrogens is 374 g/mol. The molecule has 8 atom stereocenters. The average molecular weight is 395 g/mol. The zero-order valence-electron chi connectivity index (χ0n) is 14.0. The van der Waals surface area contributed by atoms with Gasteiger partial charge in [-0.15, -0.1) is 0 Å². The third-order valence-corrected chi connectivity index (χ3v) is 4.08. The van der Waals surface area contributed by atoms with Gasteiger partial charge in [-0.1, -0.05) is 0 Å². The molecule has 154 valence electrons. The van der Waals surface area contributed by atoms with Crippen LogP contribution in [0.15, 0.2) is 11.5 Å². The van der Waals surface area contributed by atoms with Crippen LogP contribution in [0.5, 0.6) is 0 Å². The number of carboxylic acid groups (broad SMARTS) is 1. The molecule has 13 heteroatoms. The van der Waals surface area contributed by atoms with Crippen molar-refractivity contribution in [3.05, 3.63) is 11.5 Å². The highest BCUT2D eigenvalue weighted by Gasteiger charge is 2.50. The van der Waals surface area contributed by atoms with Gasteiger partial charge in [-0.3, -0.25) is 4.79 Å². The first kappa shape index (κ1) is 21.3. The van der Waals surface area contributed by atoms with Crippen molar-refractivity contribution < 1.29 is 59.5 Å². The lowest BCUT2D eigenvalue weighted by Crippen LogP contribution is -2.66. The molecule has 13 nitrogen and oxygen atoms in total. The number of hydrogen-bond acceptors (Lipinski definition) is 11. The number of nitrogens with one attached hydrogen (secondary N) is 1. The SMILES string of the molecule is CC(=O)N[C@H]1C(O)O[C@H](CO)[C@H](O)[C@@H]1O[C@@H]1OC(C(=O)O)=C(O)[C@H](O)[C@H]1O. The molecule has 0 aromatic carbocycles. The van der Waals surface area contributed by atoms with Crippen molar-refractivity contribution >= 4 is 11.9 Å². The minimum absolute atomic E-state index is 0.639. The van der Waals surface area contributed by atoms with Gasteiger partial charge in [0, 0.05) is 6.92 Å². The fraction of sp³-hybridized carbons (Fsp3) is 0.714. The summed E-state index contributed by atoms with van der Waals surface area (Å²) in [6.45, 7) is 0.371. The number of amides is 1. The van der Waals surface area contributed by atoms with Crippen molar-refractivity contribution in [2.45, 2.75) is 56.1 Å². The summed E-state index contributed by atoms with van der Waals surface area (Å²) in [5, 5.41) is 70.1. The van der Waals surface area contributed by atoms with Gasteiger partial charge in [0.1, 0.15) is 36.6 Å². The molecule has 2 heterocycles. The van der Waals surface area contributed by atoms with E-state index in [0.717, 1.165) is 6.92 Å². The second-order valence-corrected chi connectivity index (χ2v) is 6.01. The lowest BCUT2D eigenvalue weighted by molar-refractivity contribution is -0.304. The number of carbonyl (C=O) groups is 2. The first-order valence-electron chi connectivity index (χ1n) is 7.82. The van der Waals surface area contributed by atoms with Crippen molar-refractivity contribution in [3.63, 3.8) is 0 Å². The van der Waals surface area contributed by atoms with E-state index in [2.05, 4.69) is 5.32 Å². The van der Waals surface area contributed by atoms with Crippen LogP contribution in [0.25, 0.3) is 0 Å². The van der Waals surface area contributed by atoms with Crippen molar-refractivity contribution in [3.8, 4) is 0 Å². The Morgan fingerprint density at radius 3 is 2.33 bits per heavy atom. The maximum Gasteiger partial charge on any atom is 0.375 e. The van der Waals surface area contributed by atoms with Gasteiger partial charge in [0.05, 0.1) is 6.61 Å². The molecule has 2 aliphatic rings. The van der Waals surface area contributed by atoms with Crippen molar-refractivity contribution in [1.29, 1.82) is 0 Å². The summed E-state index contributed by atoms with van der Waals surface area (Å²) in [6.07, 6.45) is -12.2. The number of carbonyl (C=O) groups excluding carboxylic acids is 1. The third kappa shape index (κ3) is 4.30. The Hall–Kier alpha value is -2.00. The topological polar surface area (TPSA) is 215 Å². The Bertz CT molecular complexity index is 609. The quantitative estimate of drug-likeness (QED) is 0.223. The fourth-order valence-electron chi connectivity index (χ4n) is 2.75. The second-order valence-electron chi connectivity index (χ2n) is 6.01. The fourth-order valence-corrected chi connectivity index (χ4v) is 2.75.